The van der Waals surface area contributed by atoms with Crippen LogP contribution in [-0.4, -0.2) is 12.0 Å². The quantitative estimate of drug-likeness (QED) is 0.842. The molecule has 2 nitrogen and oxygen atoms in total. The van der Waals surface area contributed by atoms with Gasteiger partial charge in [0, 0.05) is 11.4 Å². The molecule has 2 heterocycles. The molecule has 0 unspecified atom stereocenters. The summed E-state index contributed by atoms with van der Waals surface area (Å²) >= 11 is 3.47. The fourth-order valence-electron chi connectivity index (χ4n) is 1.17. The lowest BCUT2D eigenvalue weighted by molar-refractivity contribution is 0.799. The Morgan fingerprint density at radius 2 is 2.38 bits per heavy atom. The topological polar surface area (TPSA) is 24.9 Å². The van der Waals surface area contributed by atoms with Gasteiger partial charge in [0.05, 0.1) is 16.1 Å². The Hall–Kier alpha value is -0.710. The van der Waals surface area contributed by atoms with Gasteiger partial charge < -0.3 is 5.32 Å². The number of hydrogen-bond acceptors (Lipinski definition) is 4. The van der Waals surface area contributed by atoms with E-state index in [1.54, 1.807) is 22.7 Å². The van der Waals surface area contributed by atoms with E-state index in [1.165, 1.54) is 9.75 Å². The van der Waals surface area contributed by atoms with Crippen LogP contribution in [0.15, 0.2) is 23.0 Å². The lowest BCUT2D eigenvalue weighted by Gasteiger charge is -1.97. The van der Waals surface area contributed by atoms with Gasteiger partial charge in [-0.25, -0.2) is 4.98 Å². The van der Waals surface area contributed by atoms with E-state index in [4.69, 9.17) is 0 Å². The molecule has 0 fully saturated rings. The van der Waals surface area contributed by atoms with Gasteiger partial charge in [0.15, 0.2) is 0 Å². The SMILES string of the molecule is CNCc1ncsc1-c1cccs1. The second-order valence-corrected chi connectivity index (χ2v) is 4.44. The van der Waals surface area contributed by atoms with E-state index in [2.05, 4.69) is 27.8 Å². The summed E-state index contributed by atoms with van der Waals surface area (Å²) in [5, 5.41) is 5.22. The fraction of sp³-hybridized carbons (Fsp3) is 0.222. The third kappa shape index (κ3) is 1.80. The highest BCUT2D eigenvalue weighted by molar-refractivity contribution is 7.20. The maximum Gasteiger partial charge on any atom is 0.0802 e. The average Bonchev–Trinajstić information content (AvgIpc) is 2.71. The zero-order chi connectivity index (χ0) is 9.10. The minimum absolute atomic E-state index is 0.844. The number of nitrogens with one attached hydrogen (secondary N) is 1. The van der Waals surface area contributed by atoms with Gasteiger partial charge >= 0.3 is 0 Å². The normalized spacial score (nSPS) is 10.5. The molecule has 2 aromatic heterocycles. The predicted octanol–water partition coefficient (Wildman–Crippen LogP) is 2.59. The maximum absolute atomic E-state index is 4.32. The van der Waals surface area contributed by atoms with Gasteiger partial charge in [-0.3, -0.25) is 0 Å². The molecule has 0 saturated carbocycles. The number of aromatic nitrogens is 1. The van der Waals surface area contributed by atoms with Crippen molar-refractivity contribution >= 4 is 22.7 Å². The van der Waals surface area contributed by atoms with E-state index in [-0.39, 0.29) is 0 Å². The van der Waals surface area contributed by atoms with Gasteiger partial charge in [0.2, 0.25) is 0 Å². The molecule has 4 heteroatoms. The highest BCUT2D eigenvalue weighted by Crippen LogP contribution is 2.31. The zero-order valence-corrected chi connectivity index (χ0v) is 8.91. The second-order valence-electron chi connectivity index (χ2n) is 2.64. The van der Waals surface area contributed by atoms with E-state index in [1.807, 2.05) is 12.6 Å². The Morgan fingerprint density at radius 1 is 1.46 bits per heavy atom. The van der Waals surface area contributed by atoms with E-state index >= 15 is 0 Å². The van der Waals surface area contributed by atoms with Gasteiger partial charge in [0.25, 0.3) is 0 Å². The monoisotopic (exact) mass is 210 g/mol. The van der Waals surface area contributed by atoms with Crippen LogP contribution in [0.2, 0.25) is 0 Å². The van der Waals surface area contributed by atoms with Crippen molar-refractivity contribution in [1.29, 1.82) is 0 Å². The summed E-state index contributed by atoms with van der Waals surface area (Å²) in [7, 11) is 1.94. The minimum atomic E-state index is 0.844. The van der Waals surface area contributed by atoms with Crippen LogP contribution in [0.3, 0.4) is 0 Å². The third-order valence-electron chi connectivity index (χ3n) is 1.73. The molecule has 0 spiro atoms. The molecule has 0 atom stereocenters. The van der Waals surface area contributed by atoms with Crippen LogP contribution in [0.5, 0.6) is 0 Å². The smallest absolute Gasteiger partial charge is 0.0802 e. The summed E-state index contributed by atoms with van der Waals surface area (Å²) in [5.41, 5.74) is 3.05. The predicted molar refractivity (Wildman–Crippen MR) is 58.2 cm³/mol. The first-order valence-electron chi connectivity index (χ1n) is 4.02. The molecule has 13 heavy (non-hydrogen) atoms. The fourth-order valence-corrected chi connectivity index (χ4v) is 2.88. The van der Waals surface area contributed by atoms with Gasteiger partial charge in [-0.05, 0) is 18.5 Å². The van der Waals surface area contributed by atoms with Crippen molar-refractivity contribution in [2.75, 3.05) is 7.05 Å². The summed E-state index contributed by atoms with van der Waals surface area (Å²) in [6.07, 6.45) is 0. The van der Waals surface area contributed by atoms with Gasteiger partial charge in [-0.15, -0.1) is 22.7 Å². The summed E-state index contributed by atoms with van der Waals surface area (Å²) in [4.78, 5) is 6.93. The summed E-state index contributed by atoms with van der Waals surface area (Å²) in [5.74, 6) is 0. The molecule has 1 N–H and O–H groups in total. The molecule has 0 amide bonds. The largest absolute Gasteiger partial charge is 0.314 e. The zero-order valence-electron chi connectivity index (χ0n) is 7.28. The molecule has 0 aliphatic heterocycles. The van der Waals surface area contributed by atoms with Gasteiger partial charge in [-0.1, -0.05) is 6.07 Å². The Balaban J connectivity index is 2.35. The molecule has 68 valence electrons. The first-order chi connectivity index (χ1) is 6.42. The van der Waals surface area contributed by atoms with Gasteiger partial charge in [-0.2, -0.15) is 0 Å². The van der Waals surface area contributed by atoms with E-state index in [9.17, 15) is 0 Å². The van der Waals surface area contributed by atoms with E-state index < -0.39 is 0 Å². The molecular formula is C9H10N2S2. The Bertz CT molecular complexity index is 365. The number of rotatable bonds is 3. The number of thiazole rings is 1. The molecule has 0 saturated heterocycles. The highest BCUT2D eigenvalue weighted by atomic mass is 32.1. The van der Waals surface area contributed by atoms with Crippen molar-refractivity contribution in [1.82, 2.24) is 10.3 Å². The van der Waals surface area contributed by atoms with Crippen molar-refractivity contribution in [3.05, 3.63) is 28.7 Å². The standard InChI is InChI=1S/C9H10N2S2/c1-10-5-7-9(13-6-11-7)8-3-2-4-12-8/h2-4,6,10H,5H2,1H3. The summed E-state index contributed by atoms with van der Waals surface area (Å²) in [6.45, 7) is 0.844. The van der Waals surface area contributed by atoms with Crippen LogP contribution >= 0.6 is 22.7 Å². The molecule has 0 bridgehead atoms. The molecule has 0 aromatic carbocycles. The maximum atomic E-state index is 4.32. The Morgan fingerprint density at radius 3 is 3.08 bits per heavy atom. The van der Waals surface area contributed by atoms with Crippen LogP contribution < -0.4 is 5.32 Å². The molecule has 0 radical (unpaired) electrons. The minimum Gasteiger partial charge on any atom is -0.314 e. The van der Waals surface area contributed by atoms with Crippen LogP contribution in [-0.2, 0) is 6.54 Å². The summed E-state index contributed by atoms with van der Waals surface area (Å²) in [6, 6.07) is 4.21. The van der Waals surface area contributed by atoms with Crippen molar-refractivity contribution in [2.45, 2.75) is 6.54 Å². The van der Waals surface area contributed by atoms with Crippen LogP contribution in [0.4, 0.5) is 0 Å². The lowest BCUT2D eigenvalue weighted by atomic mass is 10.3. The highest BCUT2D eigenvalue weighted by Gasteiger charge is 2.07. The van der Waals surface area contributed by atoms with Crippen molar-refractivity contribution in [2.24, 2.45) is 0 Å². The van der Waals surface area contributed by atoms with Crippen LogP contribution in [0.25, 0.3) is 9.75 Å². The average molecular weight is 210 g/mol. The molecular weight excluding hydrogens is 200 g/mol. The Kier molecular flexibility index (Phi) is 2.73. The first-order valence-corrected chi connectivity index (χ1v) is 5.78. The second kappa shape index (κ2) is 4.00. The van der Waals surface area contributed by atoms with Crippen LogP contribution in [0, 0.1) is 0 Å². The number of thiophene rings is 1. The lowest BCUT2D eigenvalue weighted by Crippen LogP contribution is -2.05. The molecule has 2 aromatic rings. The number of hydrogen-bond donors (Lipinski definition) is 1. The third-order valence-corrected chi connectivity index (χ3v) is 3.65. The van der Waals surface area contributed by atoms with Crippen molar-refractivity contribution in [3.8, 4) is 9.75 Å². The van der Waals surface area contributed by atoms with E-state index in [0.29, 0.717) is 0 Å². The number of nitrogens with zero attached hydrogens (tertiary/aromatic N) is 1. The molecule has 2 rings (SSSR count). The van der Waals surface area contributed by atoms with Gasteiger partial charge in [0.1, 0.15) is 0 Å². The summed E-state index contributed by atoms with van der Waals surface area (Å²) < 4.78 is 0. The van der Waals surface area contributed by atoms with Crippen molar-refractivity contribution in [3.63, 3.8) is 0 Å². The molecule has 0 aliphatic rings. The van der Waals surface area contributed by atoms with Crippen molar-refractivity contribution < 1.29 is 0 Å². The molecule has 0 aliphatic carbocycles. The first kappa shape index (κ1) is 8.87. The Labute approximate surface area is 85.3 Å². The van der Waals surface area contributed by atoms with Crippen LogP contribution in [0.1, 0.15) is 5.69 Å². The van der Waals surface area contributed by atoms with E-state index in [0.717, 1.165) is 12.2 Å².